The Balaban J connectivity index is 2.15. The number of benzene rings is 1. The molecule has 0 spiro atoms. The molecule has 3 N–H and O–H groups in total. The van der Waals surface area contributed by atoms with Crippen LogP contribution in [0.2, 0.25) is 5.02 Å². The summed E-state index contributed by atoms with van der Waals surface area (Å²) in [5.74, 6) is -0.134. The maximum atomic E-state index is 11.8. The van der Waals surface area contributed by atoms with Crippen LogP contribution in [-0.4, -0.2) is 5.91 Å². The topological polar surface area (TPSA) is 55.1 Å². The quantitative estimate of drug-likeness (QED) is 0.817. The number of nitrogen functional groups attached to an aromatic ring is 1. The fourth-order valence-electron chi connectivity index (χ4n) is 1.37. The Morgan fingerprint density at radius 2 is 2.12 bits per heavy atom. The van der Waals surface area contributed by atoms with Crippen molar-refractivity contribution < 1.29 is 4.79 Å². The summed E-state index contributed by atoms with van der Waals surface area (Å²) in [5.41, 5.74) is 6.75. The molecule has 2 rings (SSSR count). The van der Waals surface area contributed by atoms with E-state index < -0.39 is 0 Å². The summed E-state index contributed by atoms with van der Waals surface area (Å²) < 4.78 is 0. The zero-order valence-electron chi connectivity index (χ0n) is 9.16. The first-order chi connectivity index (χ1) is 8.06. The van der Waals surface area contributed by atoms with Gasteiger partial charge in [-0.05, 0) is 37.3 Å². The summed E-state index contributed by atoms with van der Waals surface area (Å²) in [6, 6.07) is 8.73. The smallest absolute Gasteiger partial charge is 0.265 e. The van der Waals surface area contributed by atoms with Crippen molar-refractivity contribution in [2.45, 2.75) is 6.92 Å². The van der Waals surface area contributed by atoms with E-state index in [1.54, 1.807) is 24.3 Å². The Morgan fingerprint density at radius 3 is 2.71 bits per heavy atom. The molecule has 2 aromatic rings. The highest BCUT2D eigenvalue weighted by Gasteiger charge is 2.08. The van der Waals surface area contributed by atoms with E-state index in [1.165, 1.54) is 11.3 Å². The third-order valence-corrected chi connectivity index (χ3v) is 3.56. The van der Waals surface area contributed by atoms with Crippen molar-refractivity contribution in [1.29, 1.82) is 0 Å². The number of nitrogens with one attached hydrogen (secondary N) is 1. The summed E-state index contributed by atoms with van der Waals surface area (Å²) >= 11 is 7.25. The van der Waals surface area contributed by atoms with E-state index in [9.17, 15) is 4.79 Å². The summed E-state index contributed by atoms with van der Waals surface area (Å²) in [7, 11) is 0. The Labute approximate surface area is 108 Å². The Kier molecular flexibility index (Phi) is 3.36. The van der Waals surface area contributed by atoms with Crippen LogP contribution in [0.4, 0.5) is 11.4 Å². The molecule has 0 radical (unpaired) electrons. The average Bonchev–Trinajstić information content (AvgIpc) is 2.70. The minimum Gasteiger partial charge on any atom is -0.397 e. The first-order valence-electron chi connectivity index (χ1n) is 4.99. The maximum Gasteiger partial charge on any atom is 0.265 e. The predicted molar refractivity (Wildman–Crippen MR) is 72.9 cm³/mol. The van der Waals surface area contributed by atoms with Crippen molar-refractivity contribution in [2.24, 2.45) is 0 Å². The number of thiophene rings is 1. The minimum atomic E-state index is -0.134. The zero-order valence-corrected chi connectivity index (χ0v) is 10.7. The summed E-state index contributed by atoms with van der Waals surface area (Å²) in [6.45, 7) is 1.96. The first-order valence-corrected chi connectivity index (χ1v) is 6.18. The van der Waals surface area contributed by atoms with Gasteiger partial charge in [-0.1, -0.05) is 11.6 Å². The van der Waals surface area contributed by atoms with E-state index in [2.05, 4.69) is 5.32 Å². The van der Waals surface area contributed by atoms with Gasteiger partial charge in [0.15, 0.2) is 0 Å². The number of amides is 1. The van der Waals surface area contributed by atoms with Crippen LogP contribution >= 0.6 is 22.9 Å². The van der Waals surface area contributed by atoms with Gasteiger partial charge in [0.1, 0.15) is 0 Å². The Morgan fingerprint density at radius 1 is 1.35 bits per heavy atom. The van der Waals surface area contributed by atoms with E-state index in [0.717, 1.165) is 4.88 Å². The van der Waals surface area contributed by atoms with Crippen molar-refractivity contribution in [3.8, 4) is 0 Å². The molecule has 1 aromatic heterocycles. The molecule has 1 amide bonds. The van der Waals surface area contributed by atoms with E-state index in [0.29, 0.717) is 21.3 Å². The lowest BCUT2D eigenvalue weighted by Crippen LogP contribution is -2.10. The first kappa shape index (κ1) is 12.0. The molecule has 0 unspecified atom stereocenters. The van der Waals surface area contributed by atoms with Crippen LogP contribution < -0.4 is 11.1 Å². The Bertz CT molecular complexity index is 565. The fraction of sp³-hybridized carbons (Fsp3) is 0.0833. The van der Waals surface area contributed by atoms with E-state index in [-0.39, 0.29) is 5.91 Å². The molecule has 0 aliphatic carbocycles. The molecule has 88 valence electrons. The van der Waals surface area contributed by atoms with E-state index >= 15 is 0 Å². The second kappa shape index (κ2) is 4.77. The highest BCUT2D eigenvalue weighted by molar-refractivity contribution is 7.14. The molecule has 3 nitrogen and oxygen atoms in total. The van der Waals surface area contributed by atoms with Crippen molar-refractivity contribution in [1.82, 2.24) is 0 Å². The summed E-state index contributed by atoms with van der Waals surface area (Å²) in [6.07, 6.45) is 0. The molecular weight excluding hydrogens is 256 g/mol. The van der Waals surface area contributed by atoms with Crippen LogP contribution in [0.1, 0.15) is 14.5 Å². The van der Waals surface area contributed by atoms with Gasteiger partial charge in [-0.25, -0.2) is 0 Å². The van der Waals surface area contributed by atoms with Crippen LogP contribution in [-0.2, 0) is 0 Å². The number of carbonyl (C=O) groups excluding carboxylic acids is 1. The van der Waals surface area contributed by atoms with Crippen LogP contribution in [0.25, 0.3) is 0 Å². The van der Waals surface area contributed by atoms with Crippen molar-refractivity contribution in [2.75, 3.05) is 11.1 Å². The number of hydrogen-bond acceptors (Lipinski definition) is 3. The van der Waals surface area contributed by atoms with Gasteiger partial charge in [-0.3, -0.25) is 4.79 Å². The minimum absolute atomic E-state index is 0.134. The van der Waals surface area contributed by atoms with E-state index in [4.69, 9.17) is 17.3 Å². The number of nitrogens with two attached hydrogens (primary N) is 1. The summed E-state index contributed by atoms with van der Waals surface area (Å²) in [4.78, 5) is 13.6. The lowest BCUT2D eigenvalue weighted by atomic mass is 10.2. The molecule has 5 heteroatoms. The second-order valence-corrected chi connectivity index (χ2v) is 5.30. The highest BCUT2D eigenvalue weighted by atomic mass is 35.5. The predicted octanol–water partition coefficient (Wildman–Crippen LogP) is 3.54. The van der Waals surface area contributed by atoms with Gasteiger partial charge in [-0.15, -0.1) is 11.3 Å². The molecular formula is C12H11ClN2OS. The molecule has 0 aliphatic rings. The molecule has 0 bridgehead atoms. The summed E-state index contributed by atoms with van der Waals surface area (Å²) in [5, 5.41) is 3.25. The van der Waals surface area contributed by atoms with Crippen LogP contribution in [0.5, 0.6) is 0 Å². The monoisotopic (exact) mass is 266 g/mol. The molecule has 0 aliphatic heterocycles. The third kappa shape index (κ3) is 2.78. The van der Waals surface area contributed by atoms with E-state index in [1.807, 2.05) is 13.0 Å². The molecule has 17 heavy (non-hydrogen) atoms. The number of halogens is 1. The van der Waals surface area contributed by atoms with Gasteiger partial charge in [-0.2, -0.15) is 0 Å². The molecule has 1 aromatic carbocycles. The van der Waals surface area contributed by atoms with Gasteiger partial charge < -0.3 is 11.1 Å². The highest BCUT2D eigenvalue weighted by Crippen LogP contribution is 2.23. The zero-order chi connectivity index (χ0) is 12.4. The van der Waals surface area contributed by atoms with Gasteiger partial charge in [0.25, 0.3) is 5.91 Å². The standard InChI is InChI=1S/C12H11ClN2OS/c1-7-2-5-11(17-7)12(16)15-8-3-4-9(13)10(14)6-8/h2-6H,14H2,1H3,(H,15,16). The molecule has 1 heterocycles. The third-order valence-electron chi connectivity index (χ3n) is 2.22. The second-order valence-electron chi connectivity index (χ2n) is 3.60. The number of rotatable bonds is 2. The molecule has 0 saturated heterocycles. The lowest BCUT2D eigenvalue weighted by Gasteiger charge is -2.05. The largest absolute Gasteiger partial charge is 0.397 e. The number of carbonyl (C=O) groups is 1. The maximum absolute atomic E-state index is 11.8. The molecule has 0 atom stereocenters. The van der Waals surface area contributed by atoms with Gasteiger partial charge >= 0.3 is 0 Å². The lowest BCUT2D eigenvalue weighted by molar-refractivity contribution is 0.103. The normalized spacial score (nSPS) is 10.2. The fourth-order valence-corrected chi connectivity index (χ4v) is 2.25. The van der Waals surface area contributed by atoms with Crippen LogP contribution in [0.3, 0.4) is 0 Å². The van der Waals surface area contributed by atoms with Gasteiger partial charge in [0.05, 0.1) is 15.6 Å². The van der Waals surface area contributed by atoms with Gasteiger partial charge in [0.2, 0.25) is 0 Å². The Hall–Kier alpha value is -1.52. The molecule has 0 fully saturated rings. The number of hydrogen-bond donors (Lipinski definition) is 2. The number of aryl methyl sites for hydroxylation is 1. The number of anilines is 2. The van der Waals surface area contributed by atoms with Crippen LogP contribution in [0, 0.1) is 6.92 Å². The SMILES string of the molecule is Cc1ccc(C(=O)Nc2ccc(Cl)c(N)c2)s1. The van der Waals surface area contributed by atoms with Crippen molar-refractivity contribution in [3.63, 3.8) is 0 Å². The molecule has 0 saturated carbocycles. The van der Waals surface area contributed by atoms with Crippen molar-refractivity contribution >= 4 is 40.2 Å². The average molecular weight is 267 g/mol. The van der Waals surface area contributed by atoms with Crippen LogP contribution in [0.15, 0.2) is 30.3 Å². The van der Waals surface area contributed by atoms with Crippen molar-refractivity contribution in [3.05, 3.63) is 45.1 Å². The van der Waals surface area contributed by atoms with Gasteiger partial charge in [0, 0.05) is 10.6 Å².